The first-order chi connectivity index (χ1) is 12.5. The van der Waals surface area contributed by atoms with Gasteiger partial charge in [0.15, 0.2) is 11.0 Å². The van der Waals surface area contributed by atoms with Crippen molar-refractivity contribution in [3.8, 4) is 5.69 Å². The van der Waals surface area contributed by atoms with Crippen LogP contribution in [0.15, 0.2) is 53.7 Å². The standard InChI is InChI=1S/C18H18ClN5OS/c1-12-5-7-14(8-6-12)21-10-17-22-23-18(26-11-16(20)25)24(17)15-4-2-3-13(19)9-15/h2-9,21H,10-11H2,1H3,(H2,20,25). The van der Waals surface area contributed by atoms with Gasteiger partial charge in [0, 0.05) is 10.7 Å². The number of nitrogens with two attached hydrogens (primary N) is 1. The van der Waals surface area contributed by atoms with Crippen molar-refractivity contribution in [3.63, 3.8) is 0 Å². The van der Waals surface area contributed by atoms with Gasteiger partial charge in [0.2, 0.25) is 5.91 Å². The zero-order chi connectivity index (χ0) is 18.5. The molecule has 0 saturated heterocycles. The van der Waals surface area contributed by atoms with Crippen LogP contribution in [0.3, 0.4) is 0 Å². The van der Waals surface area contributed by atoms with Gasteiger partial charge in [-0.05, 0) is 37.3 Å². The maximum atomic E-state index is 11.1. The zero-order valence-electron chi connectivity index (χ0n) is 14.1. The van der Waals surface area contributed by atoms with Crippen molar-refractivity contribution in [2.75, 3.05) is 11.1 Å². The molecule has 0 fully saturated rings. The first-order valence-corrected chi connectivity index (χ1v) is 9.31. The summed E-state index contributed by atoms with van der Waals surface area (Å²) in [5, 5.41) is 13.0. The topological polar surface area (TPSA) is 85.8 Å². The second kappa shape index (κ2) is 8.25. The average molecular weight is 388 g/mol. The van der Waals surface area contributed by atoms with E-state index in [-0.39, 0.29) is 5.75 Å². The number of primary amides is 1. The highest BCUT2D eigenvalue weighted by atomic mass is 35.5. The molecule has 0 aliphatic heterocycles. The molecule has 1 amide bonds. The highest BCUT2D eigenvalue weighted by molar-refractivity contribution is 7.99. The molecule has 6 nitrogen and oxygen atoms in total. The summed E-state index contributed by atoms with van der Waals surface area (Å²) < 4.78 is 1.88. The van der Waals surface area contributed by atoms with Gasteiger partial charge in [-0.25, -0.2) is 0 Å². The molecule has 3 aromatic rings. The molecule has 0 aliphatic carbocycles. The van der Waals surface area contributed by atoms with E-state index in [0.29, 0.717) is 22.5 Å². The van der Waals surface area contributed by atoms with Crippen LogP contribution in [0.5, 0.6) is 0 Å². The smallest absolute Gasteiger partial charge is 0.227 e. The van der Waals surface area contributed by atoms with Gasteiger partial charge in [0.25, 0.3) is 0 Å². The Morgan fingerprint density at radius 3 is 2.69 bits per heavy atom. The molecule has 0 saturated carbocycles. The fourth-order valence-electron chi connectivity index (χ4n) is 2.37. The van der Waals surface area contributed by atoms with Crippen molar-refractivity contribution >= 4 is 35.0 Å². The van der Waals surface area contributed by atoms with Crippen molar-refractivity contribution < 1.29 is 4.79 Å². The molecule has 0 atom stereocenters. The minimum Gasteiger partial charge on any atom is -0.378 e. The minimum absolute atomic E-state index is 0.129. The summed E-state index contributed by atoms with van der Waals surface area (Å²) in [4.78, 5) is 11.1. The van der Waals surface area contributed by atoms with Gasteiger partial charge in [-0.15, -0.1) is 10.2 Å². The lowest BCUT2D eigenvalue weighted by molar-refractivity contribution is -0.115. The summed E-state index contributed by atoms with van der Waals surface area (Å²) in [6, 6.07) is 15.5. The van der Waals surface area contributed by atoms with E-state index in [9.17, 15) is 4.79 Å². The third-order valence-electron chi connectivity index (χ3n) is 3.61. The predicted molar refractivity (Wildman–Crippen MR) is 105 cm³/mol. The van der Waals surface area contributed by atoms with Crippen LogP contribution >= 0.6 is 23.4 Å². The van der Waals surface area contributed by atoms with Gasteiger partial charge in [0.1, 0.15) is 0 Å². The maximum Gasteiger partial charge on any atom is 0.227 e. The van der Waals surface area contributed by atoms with Gasteiger partial charge in [0.05, 0.1) is 18.0 Å². The fourth-order valence-corrected chi connectivity index (χ4v) is 3.27. The van der Waals surface area contributed by atoms with E-state index in [1.165, 1.54) is 17.3 Å². The number of aromatic nitrogens is 3. The molecule has 3 rings (SSSR count). The Hall–Kier alpha value is -2.51. The van der Waals surface area contributed by atoms with E-state index in [2.05, 4.69) is 15.5 Å². The number of thioether (sulfide) groups is 1. The van der Waals surface area contributed by atoms with E-state index < -0.39 is 5.91 Å². The highest BCUT2D eigenvalue weighted by Gasteiger charge is 2.15. The molecule has 0 unspecified atom stereocenters. The molecule has 1 heterocycles. The second-order valence-corrected chi connectivity index (χ2v) is 7.07. The van der Waals surface area contributed by atoms with Crippen LogP contribution < -0.4 is 11.1 Å². The van der Waals surface area contributed by atoms with Gasteiger partial charge in [-0.1, -0.05) is 47.1 Å². The lowest BCUT2D eigenvalue weighted by Gasteiger charge is -2.11. The first kappa shape index (κ1) is 18.3. The van der Waals surface area contributed by atoms with E-state index in [1.807, 2.05) is 54.0 Å². The number of anilines is 1. The Labute approximate surface area is 160 Å². The van der Waals surface area contributed by atoms with Crippen LogP contribution in [0, 0.1) is 6.92 Å². The molecule has 1 aromatic heterocycles. The molecule has 0 bridgehead atoms. The molecular formula is C18H18ClN5OS. The summed E-state index contributed by atoms with van der Waals surface area (Å²) in [5.41, 5.74) is 8.27. The summed E-state index contributed by atoms with van der Waals surface area (Å²) in [6.07, 6.45) is 0. The van der Waals surface area contributed by atoms with Gasteiger partial charge in [-0.2, -0.15) is 0 Å². The number of amides is 1. The van der Waals surface area contributed by atoms with Crippen molar-refractivity contribution in [3.05, 3.63) is 64.9 Å². The Balaban J connectivity index is 1.88. The van der Waals surface area contributed by atoms with Crippen LogP contribution in [-0.2, 0) is 11.3 Å². The Morgan fingerprint density at radius 2 is 2.00 bits per heavy atom. The van der Waals surface area contributed by atoms with Crippen LogP contribution in [0.2, 0.25) is 5.02 Å². The molecule has 26 heavy (non-hydrogen) atoms. The number of benzene rings is 2. The Kier molecular flexibility index (Phi) is 5.80. The summed E-state index contributed by atoms with van der Waals surface area (Å²) in [7, 11) is 0. The molecule has 3 N–H and O–H groups in total. The normalized spacial score (nSPS) is 10.7. The second-order valence-electron chi connectivity index (χ2n) is 5.69. The van der Waals surface area contributed by atoms with E-state index in [4.69, 9.17) is 17.3 Å². The number of hydrogen-bond donors (Lipinski definition) is 2. The number of rotatable bonds is 7. The summed E-state index contributed by atoms with van der Waals surface area (Å²) in [6.45, 7) is 2.52. The Morgan fingerprint density at radius 1 is 1.23 bits per heavy atom. The largest absolute Gasteiger partial charge is 0.378 e. The van der Waals surface area contributed by atoms with Gasteiger partial charge < -0.3 is 11.1 Å². The molecule has 0 aliphatic rings. The third kappa shape index (κ3) is 4.56. The monoisotopic (exact) mass is 387 g/mol. The Bertz CT molecular complexity index is 910. The number of aryl methyl sites for hydroxylation is 1. The molecule has 0 spiro atoms. The SMILES string of the molecule is Cc1ccc(NCc2nnc(SCC(N)=O)n2-c2cccc(Cl)c2)cc1. The van der Waals surface area contributed by atoms with Crippen molar-refractivity contribution in [2.24, 2.45) is 5.73 Å². The average Bonchev–Trinajstić information content (AvgIpc) is 3.02. The van der Waals surface area contributed by atoms with Gasteiger partial charge >= 0.3 is 0 Å². The highest BCUT2D eigenvalue weighted by Crippen LogP contribution is 2.24. The number of nitrogens with zero attached hydrogens (tertiary/aromatic N) is 3. The molecule has 2 aromatic carbocycles. The maximum absolute atomic E-state index is 11.1. The van der Waals surface area contributed by atoms with Crippen LogP contribution in [-0.4, -0.2) is 26.4 Å². The molecule has 0 radical (unpaired) electrons. The van der Waals surface area contributed by atoms with Crippen LogP contribution in [0.25, 0.3) is 5.69 Å². The number of nitrogens with one attached hydrogen (secondary N) is 1. The zero-order valence-corrected chi connectivity index (χ0v) is 15.7. The third-order valence-corrected chi connectivity index (χ3v) is 4.80. The lowest BCUT2D eigenvalue weighted by atomic mass is 10.2. The summed E-state index contributed by atoms with van der Waals surface area (Å²) >= 11 is 7.38. The van der Waals surface area contributed by atoms with Crippen LogP contribution in [0.1, 0.15) is 11.4 Å². The number of hydrogen-bond acceptors (Lipinski definition) is 5. The lowest BCUT2D eigenvalue weighted by Crippen LogP contribution is -2.14. The fraction of sp³-hybridized carbons (Fsp3) is 0.167. The molecule has 8 heteroatoms. The van der Waals surface area contributed by atoms with Crippen molar-refractivity contribution in [1.29, 1.82) is 0 Å². The molecule has 134 valence electrons. The van der Waals surface area contributed by atoms with Crippen LogP contribution in [0.4, 0.5) is 5.69 Å². The quantitative estimate of drug-likeness (QED) is 0.606. The van der Waals surface area contributed by atoms with E-state index in [1.54, 1.807) is 6.07 Å². The number of carbonyl (C=O) groups excluding carboxylic acids is 1. The first-order valence-electron chi connectivity index (χ1n) is 7.95. The summed E-state index contributed by atoms with van der Waals surface area (Å²) in [5.74, 6) is 0.430. The predicted octanol–water partition coefficient (Wildman–Crippen LogP) is 3.42. The van der Waals surface area contributed by atoms with Crippen molar-refractivity contribution in [1.82, 2.24) is 14.8 Å². The van der Waals surface area contributed by atoms with Gasteiger partial charge in [-0.3, -0.25) is 9.36 Å². The molecular weight excluding hydrogens is 370 g/mol. The van der Waals surface area contributed by atoms with Crippen molar-refractivity contribution in [2.45, 2.75) is 18.6 Å². The number of carbonyl (C=O) groups is 1. The minimum atomic E-state index is -0.407. The van der Waals surface area contributed by atoms with E-state index >= 15 is 0 Å². The van der Waals surface area contributed by atoms with E-state index in [0.717, 1.165) is 11.4 Å². The number of halogens is 1.